The molecule has 29 heavy (non-hydrogen) atoms. The molecule has 0 fully saturated rings. The van der Waals surface area contributed by atoms with Crippen molar-refractivity contribution in [2.45, 2.75) is 0 Å². The second kappa shape index (κ2) is 9.55. The Bertz CT molecular complexity index is 1120. The lowest BCUT2D eigenvalue weighted by Crippen LogP contribution is -1.97. The van der Waals surface area contributed by atoms with Gasteiger partial charge in [0.2, 0.25) is 0 Å². The van der Waals surface area contributed by atoms with E-state index in [2.05, 4.69) is 95.6 Å². The van der Waals surface area contributed by atoms with Crippen LogP contribution in [0.15, 0.2) is 69.3 Å². The number of benzene rings is 3. The monoisotopic (exact) mass is 794 g/mol. The van der Waals surface area contributed by atoms with Gasteiger partial charge in [-0.1, -0.05) is 108 Å². The Hall–Kier alpha value is 0.490. The van der Waals surface area contributed by atoms with E-state index in [1.165, 1.54) is 6.07 Å². The Kier molecular flexibility index (Phi) is 7.95. The number of phosphoric ester groups is 1. The molecule has 0 aromatic heterocycles. The molecule has 0 saturated carbocycles. The number of rotatable bonds is 4. The maximum Gasteiger partial charge on any atom is 0.524 e. The summed E-state index contributed by atoms with van der Waals surface area (Å²) in [6.07, 6.45) is 0. The summed E-state index contributed by atoms with van der Waals surface area (Å²) in [6.45, 7) is 0. The molecule has 0 amide bonds. The summed E-state index contributed by atoms with van der Waals surface area (Å²) in [5.74, 6) is 0.0567. The third-order valence-electron chi connectivity index (χ3n) is 3.78. The number of halogens is 6. The van der Waals surface area contributed by atoms with Gasteiger partial charge in [0.1, 0.15) is 5.75 Å². The zero-order chi connectivity index (χ0) is 21.5. The summed E-state index contributed by atoms with van der Waals surface area (Å²) < 4.78 is 21.4. The Balaban J connectivity index is 2.44. The smallest absolute Gasteiger partial charge is 0.404 e. The van der Waals surface area contributed by atoms with E-state index in [9.17, 15) is 14.4 Å². The molecule has 0 aliphatic heterocycles. The van der Waals surface area contributed by atoms with Crippen LogP contribution in [0.2, 0.25) is 0 Å². The molecule has 0 spiro atoms. The highest BCUT2D eigenvalue weighted by Gasteiger charge is 2.25. The van der Waals surface area contributed by atoms with Crippen LogP contribution in [0.4, 0.5) is 0 Å². The lowest BCUT2D eigenvalue weighted by Gasteiger charge is -2.20. The molecule has 4 nitrogen and oxygen atoms in total. The van der Waals surface area contributed by atoms with Gasteiger partial charge in [-0.25, -0.2) is 4.57 Å². The van der Waals surface area contributed by atoms with Crippen molar-refractivity contribution in [3.05, 3.63) is 69.3 Å². The third-order valence-corrected chi connectivity index (χ3v) is 7.63. The average molecular weight is 800 g/mol. The standard InChI is InChI=1S/C18H9Br6O4P/c19-8-4-11(21)16(12(22)5-8)10-2-1-3-15(28-29(25,26)27)17(10)18-13(23)6-9(20)7-14(18)24/h1-7H,(H2,25,26,27). The molecule has 0 aliphatic rings. The summed E-state index contributed by atoms with van der Waals surface area (Å²) in [5.41, 5.74) is 2.73. The van der Waals surface area contributed by atoms with Gasteiger partial charge >= 0.3 is 7.82 Å². The fourth-order valence-electron chi connectivity index (χ4n) is 2.78. The van der Waals surface area contributed by atoms with Crippen LogP contribution >= 0.6 is 103 Å². The minimum absolute atomic E-state index is 0.0567. The van der Waals surface area contributed by atoms with Crippen molar-refractivity contribution < 1.29 is 18.9 Å². The van der Waals surface area contributed by atoms with Crippen molar-refractivity contribution in [2.24, 2.45) is 0 Å². The van der Waals surface area contributed by atoms with Gasteiger partial charge in [0, 0.05) is 43.5 Å². The van der Waals surface area contributed by atoms with Gasteiger partial charge in [-0.2, -0.15) is 0 Å². The maximum atomic E-state index is 11.7. The molecule has 0 bridgehead atoms. The van der Waals surface area contributed by atoms with Crippen LogP contribution in [0.5, 0.6) is 5.75 Å². The first kappa shape index (κ1) is 24.1. The molecule has 3 aromatic carbocycles. The van der Waals surface area contributed by atoms with Crippen LogP contribution < -0.4 is 4.52 Å². The first-order chi connectivity index (χ1) is 13.5. The van der Waals surface area contributed by atoms with E-state index in [1.807, 2.05) is 30.3 Å². The first-order valence-corrected chi connectivity index (χ1v) is 13.9. The van der Waals surface area contributed by atoms with E-state index in [0.29, 0.717) is 25.6 Å². The summed E-state index contributed by atoms with van der Waals surface area (Å²) in [7, 11) is -4.79. The quantitative estimate of drug-likeness (QED) is 0.259. The van der Waals surface area contributed by atoms with Crippen LogP contribution in [0.25, 0.3) is 22.3 Å². The van der Waals surface area contributed by atoms with E-state index < -0.39 is 7.82 Å². The lowest BCUT2D eigenvalue weighted by molar-refractivity contribution is 0.283. The molecule has 0 atom stereocenters. The zero-order valence-electron chi connectivity index (χ0n) is 14.0. The van der Waals surface area contributed by atoms with Crippen molar-refractivity contribution >= 4 is 103 Å². The minimum Gasteiger partial charge on any atom is -0.404 e. The van der Waals surface area contributed by atoms with E-state index in [0.717, 1.165) is 23.5 Å². The summed E-state index contributed by atoms with van der Waals surface area (Å²) in [4.78, 5) is 18.9. The summed E-state index contributed by atoms with van der Waals surface area (Å²) in [5, 5.41) is 0. The highest BCUT2D eigenvalue weighted by Crippen LogP contribution is 2.52. The number of hydrogen-bond acceptors (Lipinski definition) is 2. The molecule has 3 aromatic rings. The molecule has 2 N–H and O–H groups in total. The van der Waals surface area contributed by atoms with Gasteiger partial charge in [-0.3, -0.25) is 9.79 Å². The third kappa shape index (κ3) is 5.65. The maximum absolute atomic E-state index is 11.7. The SMILES string of the molecule is O=P(O)(O)Oc1cccc(-c2c(Br)cc(Br)cc2Br)c1-c1c(Br)cc(Br)cc1Br. The summed E-state index contributed by atoms with van der Waals surface area (Å²) >= 11 is 21.2. The molecule has 0 aliphatic carbocycles. The molecular weight excluding hydrogens is 791 g/mol. The van der Waals surface area contributed by atoms with Crippen LogP contribution in [-0.4, -0.2) is 9.79 Å². The second-order valence-electron chi connectivity index (χ2n) is 5.75. The van der Waals surface area contributed by atoms with Gasteiger partial charge in [-0.15, -0.1) is 0 Å². The van der Waals surface area contributed by atoms with Crippen molar-refractivity contribution in [3.8, 4) is 28.0 Å². The van der Waals surface area contributed by atoms with E-state index in [-0.39, 0.29) is 5.75 Å². The zero-order valence-corrected chi connectivity index (χ0v) is 24.4. The van der Waals surface area contributed by atoms with Gasteiger partial charge in [0.15, 0.2) is 0 Å². The lowest BCUT2D eigenvalue weighted by atomic mass is 9.93. The molecule has 0 unspecified atom stereocenters. The average Bonchev–Trinajstić information content (AvgIpc) is 2.53. The number of hydrogen-bond donors (Lipinski definition) is 2. The van der Waals surface area contributed by atoms with Gasteiger partial charge in [-0.05, 0) is 35.9 Å². The first-order valence-electron chi connectivity index (χ1n) is 7.66. The van der Waals surface area contributed by atoms with E-state index in [4.69, 9.17) is 4.52 Å². The normalized spacial score (nSPS) is 11.6. The van der Waals surface area contributed by atoms with Crippen LogP contribution in [0.3, 0.4) is 0 Å². The predicted octanol–water partition coefficient (Wildman–Crippen LogP) is 9.07. The Labute approximate surface area is 217 Å². The number of phosphoric acid groups is 1. The van der Waals surface area contributed by atoms with E-state index >= 15 is 0 Å². The molecule has 3 rings (SSSR count). The summed E-state index contributed by atoms with van der Waals surface area (Å²) in [6, 6.07) is 12.6. The molecular formula is C18H9Br6O4P. The molecule has 152 valence electrons. The van der Waals surface area contributed by atoms with Crippen molar-refractivity contribution in [2.75, 3.05) is 0 Å². The van der Waals surface area contributed by atoms with Crippen LogP contribution in [-0.2, 0) is 4.57 Å². The van der Waals surface area contributed by atoms with Crippen molar-refractivity contribution in [1.29, 1.82) is 0 Å². The topological polar surface area (TPSA) is 66.8 Å². The second-order valence-corrected chi connectivity index (χ2v) is 12.2. The Morgan fingerprint density at radius 1 is 0.690 bits per heavy atom. The fourth-order valence-corrected chi connectivity index (χ4v) is 8.53. The van der Waals surface area contributed by atoms with E-state index in [1.54, 1.807) is 6.07 Å². The molecule has 0 radical (unpaired) electrons. The Morgan fingerprint density at radius 3 is 1.59 bits per heavy atom. The van der Waals surface area contributed by atoms with Gasteiger partial charge in [0.25, 0.3) is 0 Å². The molecule has 0 heterocycles. The van der Waals surface area contributed by atoms with Crippen LogP contribution in [0, 0.1) is 0 Å². The Morgan fingerprint density at radius 2 is 1.14 bits per heavy atom. The van der Waals surface area contributed by atoms with Crippen molar-refractivity contribution in [1.82, 2.24) is 0 Å². The highest BCUT2D eigenvalue weighted by molar-refractivity contribution is 9.12. The van der Waals surface area contributed by atoms with Crippen molar-refractivity contribution in [3.63, 3.8) is 0 Å². The van der Waals surface area contributed by atoms with Crippen LogP contribution in [0.1, 0.15) is 0 Å². The van der Waals surface area contributed by atoms with Gasteiger partial charge in [0.05, 0.1) is 0 Å². The van der Waals surface area contributed by atoms with Gasteiger partial charge < -0.3 is 4.52 Å². The fraction of sp³-hybridized carbons (Fsp3) is 0. The minimum atomic E-state index is -4.79. The molecule has 11 heteroatoms. The predicted molar refractivity (Wildman–Crippen MR) is 136 cm³/mol. The highest BCUT2D eigenvalue weighted by atomic mass is 79.9. The molecule has 0 saturated heterocycles. The largest absolute Gasteiger partial charge is 0.524 e.